The Morgan fingerprint density at radius 3 is 3.21 bits per heavy atom. The van der Waals surface area contributed by atoms with Crippen LogP contribution in [0.4, 0.5) is 0 Å². The van der Waals surface area contributed by atoms with Crippen LogP contribution in [0, 0.1) is 0 Å². The summed E-state index contributed by atoms with van der Waals surface area (Å²) in [5, 5.41) is 9.79. The van der Waals surface area contributed by atoms with Crippen molar-refractivity contribution in [2.45, 2.75) is 19.0 Å². The van der Waals surface area contributed by atoms with Gasteiger partial charge in [-0.05, 0) is 6.42 Å². The van der Waals surface area contributed by atoms with Crippen LogP contribution in [-0.2, 0) is 11.3 Å². The maximum absolute atomic E-state index is 11.5. The van der Waals surface area contributed by atoms with E-state index >= 15 is 0 Å². The summed E-state index contributed by atoms with van der Waals surface area (Å²) in [6.07, 6.45) is 4.49. The van der Waals surface area contributed by atoms with Crippen LogP contribution in [-0.4, -0.2) is 40.6 Å². The van der Waals surface area contributed by atoms with Crippen LogP contribution < -0.4 is 5.32 Å². The van der Waals surface area contributed by atoms with Crippen LogP contribution in [0.3, 0.4) is 0 Å². The summed E-state index contributed by atoms with van der Waals surface area (Å²) in [5.74, 6) is 0.188. The van der Waals surface area contributed by atoms with Gasteiger partial charge in [-0.25, -0.2) is 0 Å². The number of aromatic amines is 1. The maximum atomic E-state index is 11.5. The second-order valence-electron chi connectivity index (χ2n) is 3.59. The molecular formula is C9H14N4O. The number of carbonyl (C=O) groups is 1. The van der Waals surface area contributed by atoms with Gasteiger partial charge in [0.15, 0.2) is 0 Å². The summed E-state index contributed by atoms with van der Waals surface area (Å²) in [6.45, 7) is 1.54. The molecule has 76 valence electrons. The highest BCUT2D eigenvalue weighted by Crippen LogP contribution is 2.09. The first-order chi connectivity index (χ1) is 6.77. The molecule has 2 N–H and O–H groups in total. The SMILES string of the molecule is CN1CCC(NCc2cn[nH]c2)C1=O. The zero-order chi connectivity index (χ0) is 9.97. The largest absolute Gasteiger partial charge is 0.344 e. The zero-order valence-electron chi connectivity index (χ0n) is 8.16. The number of H-pyrrole nitrogens is 1. The second-order valence-corrected chi connectivity index (χ2v) is 3.59. The van der Waals surface area contributed by atoms with E-state index in [0.29, 0.717) is 6.54 Å². The first kappa shape index (κ1) is 9.21. The van der Waals surface area contributed by atoms with Crippen LogP contribution >= 0.6 is 0 Å². The summed E-state index contributed by atoms with van der Waals surface area (Å²) in [7, 11) is 1.84. The smallest absolute Gasteiger partial charge is 0.239 e. The number of rotatable bonds is 3. The minimum absolute atomic E-state index is 0.0186. The Kier molecular flexibility index (Phi) is 2.49. The molecule has 0 saturated carbocycles. The number of amides is 1. The van der Waals surface area contributed by atoms with Crippen molar-refractivity contribution in [2.24, 2.45) is 0 Å². The van der Waals surface area contributed by atoms with Crippen molar-refractivity contribution in [3.63, 3.8) is 0 Å². The van der Waals surface area contributed by atoms with Crippen molar-refractivity contribution in [3.8, 4) is 0 Å². The van der Waals surface area contributed by atoms with E-state index < -0.39 is 0 Å². The molecule has 0 bridgehead atoms. The fraction of sp³-hybridized carbons (Fsp3) is 0.556. The monoisotopic (exact) mass is 194 g/mol. The number of aromatic nitrogens is 2. The van der Waals surface area contributed by atoms with Crippen LogP contribution in [0.15, 0.2) is 12.4 Å². The van der Waals surface area contributed by atoms with Crippen molar-refractivity contribution < 1.29 is 4.79 Å². The van der Waals surface area contributed by atoms with E-state index in [1.165, 1.54) is 0 Å². The van der Waals surface area contributed by atoms with Gasteiger partial charge >= 0.3 is 0 Å². The third kappa shape index (κ3) is 1.77. The van der Waals surface area contributed by atoms with Gasteiger partial charge in [0.25, 0.3) is 0 Å². The van der Waals surface area contributed by atoms with Gasteiger partial charge in [-0.15, -0.1) is 0 Å². The van der Waals surface area contributed by atoms with Crippen LogP contribution in [0.2, 0.25) is 0 Å². The van der Waals surface area contributed by atoms with Gasteiger partial charge in [0.05, 0.1) is 12.2 Å². The molecule has 0 radical (unpaired) electrons. The Morgan fingerprint density at radius 2 is 2.64 bits per heavy atom. The van der Waals surface area contributed by atoms with Gasteiger partial charge in [-0.3, -0.25) is 9.89 Å². The second kappa shape index (κ2) is 3.79. The van der Waals surface area contributed by atoms with E-state index in [-0.39, 0.29) is 11.9 Å². The van der Waals surface area contributed by atoms with Gasteiger partial charge in [0, 0.05) is 31.9 Å². The van der Waals surface area contributed by atoms with Gasteiger partial charge < -0.3 is 10.2 Å². The van der Waals surface area contributed by atoms with Crippen LogP contribution in [0.1, 0.15) is 12.0 Å². The highest BCUT2D eigenvalue weighted by Gasteiger charge is 2.28. The predicted molar refractivity (Wildman–Crippen MR) is 51.5 cm³/mol. The number of likely N-dealkylation sites (tertiary alicyclic amines) is 1. The number of nitrogens with zero attached hydrogens (tertiary/aromatic N) is 2. The number of likely N-dealkylation sites (N-methyl/N-ethyl adjacent to an activating group) is 1. The average molecular weight is 194 g/mol. The average Bonchev–Trinajstić information content (AvgIpc) is 2.77. The molecule has 2 rings (SSSR count). The molecule has 0 aliphatic carbocycles. The Bertz CT molecular complexity index is 309. The molecule has 1 unspecified atom stereocenters. The van der Waals surface area contributed by atoms with Gasteiger partial charge in [-0.1, -0.05) is 0 Å². The lowest BCUT2D eigenvalue weighted by molar-refractivity contribution is -0.128. The number of carbonyl (C=O) groups excluding carboxylic acids is 1. The van der Waals surface area contributed by atoms with Crippen molar-refractivity contribution in [3.05, 3.63) is 18.0 Å². The van der Waals surface area contributed by atoms with Gasteiger partial charge in [0.1, 0.15) is 0 Å². The highest BCUT2D eigenvalue weighted by atomic mass is 16.2. The fourth-order valence-corrected chi connectivity index (χ4v) is 1.63. The first-order valence-corrected chi connectivity index (χ1v) is 4.73. The Labute approximate surface area is 82.5 Å². The Balaban J connectivity index is 1.84. The highest BCUT2D eigenvalue weighted by molar-refractivity contribution is 5.83. The molecule has 14 heavy (non-hydrogen) atoms. The molecule has 0 spiro atoms. The Morgan fingerprint density at radius 1 is 1.79 bits per heavy atom. The molecule has 1 aromatic heterocycles. The van der Waals surface area contributed by atoms with Gasteiger partial charge in [-0.2, -0.15) is 5.10 Å². The fourth-order valence-electron chi connectivity index (χ4n) is 1.63. The van der Waals surface area contributed by atoms with Crippen molar-refractivity contribution in [1.82, 2.24) is 20.4 Å². The molecule has 1 aromatic rings. The molecule has 1 saturated heterocycles. The quantitative estimate of drug-likeness (QED) is 0.696. The predicted octanol–water partition coefficient (Wildman–Crippen LogP) is -0.270. The lowest BCUT2D eigenvalue weighted by Crippen LogP contribution is -2.36. The molecule has 1 amide bonds. The molecule has 0 aromatic carbocycles. The van der Waals surface area contributed by atoms with Crippen molar-refractivity contribution in [1.29, 1.82) is 0 Å². The molecule has 5 heteroatoms. The third-order valence-corrected chi connectivity index (χ3v) is 2.53. The summed E-state index contributed by atoms with van der Waals surface area (Å²) in [6, 6.07) is -0.0186. The van der Waals surface area contributed by atoms with E-state index in [1.54, 1.807) is 11.1 Å². The summed E-state index contributed by atoms with van der Waals surface area (Å²) >= 11 is 0. The first-order valence-electron chi connectivity index (χ1n) is 4.73. The van der Waals surface area contributed by atoms with Gasteiger partial charge in [0.2, 0.25) is 5.91 Å². The third-order valence-electron chi connectivity index (χ3n) is 2.53. The molecule has 1 fully saturated rings. The molecule has 1 aliphatic rings. The summed E-state index contributed by atoms with van der Waals surface area (Å²) in [4.78, 5) is 13.3. The molecule has 1 aliphatic heterocycles. The molecular weight excluding hydrogens is 180 g/mol. The van der Waals surface area contributed by atoms with E-state index in [0.717, 1.165) is 18.5 Å². The zero-order valence-corrected chi connectivity index (χ0v) is 8.16. The Hall–Kier alpha value is -1.36. The normalized spacial score (nSPS) is 21.9. The summed E-state index contributed by atoms with van der Waals surface area (Å²) < 4.78 is 0. The van der Waals surface area contributed by atoms with E-state index in [1.807, 2.05) is 13.2 Å². The van der Waals surface area contributed by atoms with Crippen molar-refractivity contribution >= 4 is 5.91 Å². The molecule has 2 heterocycles. The van der Waals surface area contributed by atoms with Crippen LogP contribution in [0.25, 0.3) is 0 Å². The van der Waals surface area contributed by atoms with Crippen LogP contribution in [0.5, 0.6) is 0 Å². The topological polar surface area (TPSA) is 61.0 Å². The lowest BCUT2D eigenvalue weighted by Gasteiger charge is -2.10. The molecule has 5 nitrogen and oxygen atoms in total. The van der Waals surface area contributed by atoms with E-state index in [2.05, 4.69) is 15.5 Å². The number of hydrogen-bond donors (Lipinski definition) is 2. The standard InChI is InChI=1S/C9H14N4O/c1-13-3-2-8(9(13)14)10-4-7-5-11-12-6-7/h5-6,8,10H,2-4H2,1H3,(H,11,12). The van der Waals surface area contributed by atoms with E-state index in [9.17, 15) is 4.79 Å². The molecule has 1 atom stereocenters. The minimum Gasteiger partial charge on any atom is -0.344 e. The number of hydrogen-bond acceptors (Lipinski definition) is 3. The summed E-state index contributed by atoms with van der Waals surface area (Å²) in [5.41, 5.74) is 1.08. The van der Waals surface area contributed by atoms with E-state index in [4.69, 9.17) is 0 Å². The lowest BCUT2D eigenvalue weighted by atomic mass is 10.2. The van der Waals surface area contributed by atoms with Crippen molar-refractivity contribution in [2.75, 3.05) is 13.6 Å². The maximum Gasteiger partial charge on any atom is 0.239 e. The minimum atomic E-state index is -0.0186. The number of nitrogens with one attached hydrogen (secondary N) is 2.